The number of benzene rings is 1. The Kier molecular flexibility index (Phi) is 3.40. The predicted octanol–water partition coefficient (Wildman–Crippen LogP) is 1.38. The van der Waals surface area contributed by atoms with Crippen LogP contribution in [-0.2, 0) is 9.84 Å². The Morgan fingerprint density at radius 1 is 1.29 bits per heavy atom. The predicted molar refractivity (Wildman–Crippen MR) is 68.8 cm³/mol. The minimum atomic E-state index is -3.09. The van der Waals surface area contributed by atoms with Gasteiger partial charge in [-0.25, -0.2) is 8.42 Å². The van der Waals surface area contributed by atoms with Crippen LogP contribution in [0.2, 0.25) is 0 Å². The summed E-state index contributed by atoms with van der Waals surface area (Å²) < 4.78 is 23.2. The Morgan fingerprint density at radius 2 is 1.88 bits per heavy atom. The van der Waals surface area contributed by atoms with E-state index >= 15 is 0 Å². The molecule has 0 atom stereocenters. The van der Waals surface area contributed by atoms with Gasteiger partial charge in [-0.2, -0.15) is 0 Å². The second-order valence-corrected chi connectivity index (χ2v) is 6.78. The highest BCUT2D eigenvalue weighted by Gasteiger charge is 2.25. The first-order valence-corrected chi connectivity index (χ1v) is 7.51. The molecule has 1 fully saturated rings. The van der Waals surface area contributed by atoms with Crippen LogP contribution in [0, 0.1) is 0 Å². The molecule has 0 unspecified atom stereocenters. The molecule has 1 aliphatic rings. The maximum Gasteiger partial charge on any atom is 0.178 e. The number of anilines is 1. The first-order valence-electron chi connectivity index (χ1n) is 5.86. The monoisotopic (exact) mass is 254 g/mol. The molecule has 94 valence electrons. The Morgan fingerprint density at radius 3 is 2.35 bits per heavy atom. The van der Waals surface area contributed by atoms with Gasteiger partial charge in [0.2, 0.25) is 0 Å². The van der Waals surface area contributed by atoms with Crippen molar-refractivity contribution in [3.8, 4) is 0 Å². The number of nitrogens with one attached hydrogen (secondary N) is 1. The lowest BCUT2D eigenvalue weighted by molar-refractivity contribution is 0.373. The molecule has 1 saturated carbocycles. The maximum atomic E-state index is 11.6. The first kappa shape index (κ1) is 12.4. The molecule has 0 saturated heterocycles. The van der Waals surface area contributed by atoms with Gasteiger partial charge in [0.15, 0.2) is 9.84 Å². The van der Waals surface area contributed by atoms with Crippen LogP contribution >= 0.6 is 0 Å². The van der Waals surface area contributed by atoms with Gasteiger partial charge < -0.3 is 11.1 Å². The molecular formula is C12H18N2O2S. The van der Waals surface area contributed by atoms with Crippen LogP contribution in [0.3, 0.4) is 0 Å². The standard InChI is InChI=1S/C12H18N2O2S/c1-2-17(15,16)12-5-3-10(4-6-12)14-11-7-9(13)8-11/h3-6,9,11,14H,2,7-8,13H2,1H3. The fourth-order valence-corrected chi connectivity index (χ4v) is 2.82. The zero-order valence-corrected chi connectivity index (χ0v) is 10.7. The van der Waals surface area contributed by atoms with Crippen LogP contribution in [0.4, 0.5) is 5.69 Å². The minimum absolute atomic E-state index is 0.136. The Hall–Kier alpha value is -1.07. The minimum Gasteiger partial charge on any atom is -0.382 e. The lowest BCUT2D eigenvalue weighted by Gasteiger charge is -2.33. The normalized spacial score (nSPS) is 24.1. The van der Waals surface area contributed by atoms with E-state index in [1.165, 1.54) is 0 Å². The fraction of sp³-hybridized carbons (Fsp3) is 0.500. The van der Waals surface area contributed by atoms with Gasteiger partial charge in [0.1, 0.15) is 0 Å². The van der Waals surface area contributed by atoms with E-state index in [1.807, 2.05) is 12.1 Å². The number of hydrogen-bond acceptors (Lipinski definition) is 4. The molecule has 0 spiro atoms. The maximum absolute atomic E-state index is 11.6. The summed E-state index contributed by atoms with van der Waals surface area (Å²) in [5.41, 5.74) is 6.66. The average molecular weight is 254 g/mol. The summed E-state index contributed by atoms with van der Waals surface area (Å²) >= 11 is 0. The van der Waals surface area contributed by atoms with Crippen LogP contribution in [0.1, 0.15) is 19.8 Å². The Bertz CT molecular complexity index is 476. The zero-order chi connectivity index (χ0) is 12.5. The van der Waals surface area contributed by atoms with Crippen molar-refractivity contribution in [1.82, 2.24) is 0 Å². The van der Waals surface area contributed by atoms with E-state index in [-0.39, 0.29) is 5.75 Å². The van der Waals surface area contributed by atoms with Crippen molar-refractivity contribution in [3.63, 3.8) is 0 Å². The summed E-state index contributed by atoms with van der Waals surface area (Å²) in [6, 6.07) is 7.67. The molecule has 0 radical (unpaired) electrons. The van der Waals surface area contributed by atoms with Crippen molar-refractivity contribution in [3.05, 3.63) is 24.3 Å². The highest BCUT2D eigenvalue weighted by molar-refractivity contribution is 7.91. The van der Waals surface area contributed by atoms with Crippen molar-refractivity contribution in [1.29, 1.82) is 0 Å². The van der Waals surface area contributed by atoms with Crippen molar-refractivity contribution >= 4 is 15.5 Å². The molecule has 1 aromatic rings. The van der Waals surface area contributed by atoms with E-state index in [0.29, 0.717) is 17.0 Å². The van der Waals surface area contributed by atoms with Gasteiger partial charge in [0.25, 0.3) is 0 Å². The summed E-state index contributed by atoms with van der Waals surface area (Å²) in [5.74, 6) is 0.136. The Labute approximate surface area is 102 Å². The molecule has 0 aliphatic heterocycles. The summed E-state index contributed by atoms with van der Waals surface area (Å²) in [4.78, 5) is 0.385. The van der Waals surface area contributed by atoms with E-state index in [0.717, 1.165) is 18.5 Å². The van der Waals surface area contributed by atoms with Crippen molar-refractivity contribution < 1.29 is 8.42 Å². The van der Waals surface area contributed by atoms with E-state index < -0.39 is 9.84 Å². The van der Waals surface area contributed by atoms with Crippen molar-refractivity contribution in [2.75, 3.05) is 11.1 Å². The van der Waals surface area contributed by atoms with Gasteiger partial charge >= 0.3 is 0 Å². The molecule has 1 aliphatic carbocycles. The lowest BCUT2D eigenvalue weighted by Crippen LogP contribution is -2.44. The van der Waals surface area contributed by atoms with E-state index in [2.05, 4.69) is 5.32 Å². The van der Waals surface area contributed by atoms with Gasteiger partial charge in [-0.15, -0.1) is 0 Å². The lowest BCUT2D eigenvalue weighted by atomic mass is 9.87. The molecule has 2 rings (SSSR count). The second-order valence-electron chi connectivity index (χ2n) is 4.50. The fourth-order valence-electron chi connectivity index (χ4n) is 1.94. The molecule has 3 N–H and O–H groups in total. The van der Waals surface area contributed by atoms with Crippen molar-refractivity contribution in [2.24, 2.45) is 5.73 Å². The molecule has 0 bridgehead atoms. The molecule has 0 heterocycles. The molecule has 17 heavy (non-hydrogen) atoms. The molecule has 5 heteroatoms. The third-order valence-electron chi connectivity index (χ3n) is 3.14. The number of sulfone groups is 1. The molecular weight excluding hydrogens is 236 g/mol. The Balaban J connectivity index is 2.03. The molecule has 4 nitrogen and oxygen atoms in total. The van der Waals surface area contributed by atoms with Gasteiger partial charge in [0.05, 0.1) is 10.6 Å². The van der Waals surface area contributed by atoms with Gasteiger partial charge in [-0.1, -0.05) is 6.92 Å². The largest absolute Gasteiger partial charge is 0.382 e. The second kappa shape index (κ2) is 4.66. The van der Waals surface area contributed by atoms with E-state index in [1.54, 1.807) is 19.1 Å². The van der Waals surface area contributed by atoms with Crippen molar-refractivity contribution in [2.45, 2.75) is 36.7 Å². The smallest absolute Gasteiger partial charge is 0.178 e. The van der Waals surface area contributed by atoms with Crippen LogP contribution in [0.25, 0.3) is 0 Å². The topological polar surface area (TPSA) is 72.2 Å². The third-order valence-corrected chi connectivity index (χ3v) is 4.89. The van der Waals surface area contributed by atoms with Gasteiger partial charge in [-0.05, 0) is 37.1 Å². The first-order chi connectivity index (χ1) is 8.01. The summed E-state index contributed by atoms with van der Waals surface area (Å²) in [7, 11) is -3.09. The van der Waals surface area contributed by atoms with Crippen LogP contribution in [0.15, 0.2) is 29.2 Å². The number of nitrogens with two attached hydrogens (primary N) is 1. The highest BCUT2D eigenvalue weighted by atomic mass is 32.2. The van der Waals surface area contributed by atoms with Crippen LogP contribution in [0.5, 0.6) is 0 Å². The van der Waals surface area contributed by atoms with Gasteiger partial charge in [-0.3, -0.25) is 0 Å². The summed E-state index contributed by atoms with van der Waals surface area (Å²) in [5, 5.41) is 3.33. The average Bonchev–Trinajstić information content (AvgIpc) is 2.28. The quantitative estimate of drug-likeness (QED) is 0.851. The SMILES string of the molecule is CCS(=O)(=O)c1ccc(NC2CC(N)C2)cc1. The summed E-state index contributed by atoms with van der Waals surface area (Å²) in [6.07, 6.45) is 1.96. The van der Waals surface area contributed by atoms with Crippen LogP contribution < -0.4 is 11.1 Å². The van der Waals surface area contributed by atoms with Crippen LogP contribution in [-0.4, -0.2) is 26.3 Å². The third kappa shape index (κ3) is 2.79. The molecule has 0 amide bonds. The molecule has 1 aromatic carbocycles. The van der Waals surface area contributed by atoms with E-state index in [4.69, 9.17) is 5.73 Å². The number of hydrogen-bond donors (Lipinski definition) is 2. The molecule has 0 aromatic heterocycles. The summed E-state index contributed by atoms with van der Waals surface area (Å²) in [6.45, 7) is 1.65. The van der Waals surface area contributed by atoms with E-state index in [9.17, 15) is 8.42 Å². The zero-order valence-electron chi connectivity index (χ0n) is 9.89. The van der Waals surface area contributed by atoms with Gasteiger partial charge in [0, 0.05) is 17.8 Å². The highest BCUT2D eigenvalue weighted by Crippen LogP contribution is 2.23. The number of rotatable bonds is 4.